The minimum absolute atomic E-state index is 0.306. The Morgan fingerprint density at radius 3 is 2.73 bits per heavy atom. The summed E-state index contributed by atoms with van der Waals surface area (Å²) in [4.78, 5) is 22.4. The standard InChI is InChI=1S/C15H19N5O2/c1-15(2,3)22-14(21)20-8-5-11-10(9-20)12(19-18-11)13-16-6-4-7-17-13/h4,6-7H,5,8-9H2,1-3H3,(H,18,19). The van der Waals surface area contributed by atoms with Crippen LogP contribution in [0.25, 0.3) is 11.5 Å². The smallest absolute Gasteiger partial charge is 0.410 e. The molecule has 3 heterocycles. The molecule has 0 aromatic carbocycles. The molecule has 0 fully saturated rings. The normalized spacial score (nSPS) is 14.6. The molecule has 0 atom stereocenters. The van der Waals surface area contributed by atoms with Crippen molar-refractivity contribution in [2.24, 2.45) is 0 Å². The Balaban J connectivity index is 1.83. The number of H-pyrrole nitrogens is 1. The minimum atomic E-state index is -0.501. The Labute approximate surface area is 128 Å². The second-order valence-electron chi connectivity index (χ2n) is 6.25. The number of hydrogen-bond acceptors (Lipinski definition) is 5. The predicted octanol–water partition coefficient (Wildman–Crippen LogP) is 2.16. The molecule has 0 saturated carbocycles. The van der Waals surface area contributed by atoms with E-state index in [0.29, 0.717) is 31.0 Å². The molecule has 0 bridgehead atoms. The van der Waals surface area contributed by atoms with Crippen LogP contribution in [0.4, 0.5) is 4.79 Å². The van der Waals surface area contributed by atoms with E-state index in [-0.39, 0.29) is 6.09 Å². The van der Waals surface area contributed by atoms with Crippen molar-refractivity contribution in [3.8, 4) is 11.5 Å². The highest BCUT2D eigenvalue weighted by Crippen LogP contribution is 2.26. The number of rotatable bonds is 1. The summed E-state index contributed by atoms with van der Waals surface area (Å²) >= 11 is 0. The minimum Gasteiger partial charge on any atom is -0.444 e. The average Bonchev–Trinajstić information content (AvgIpc) is 2.89. The van der Waals surface area contributed by atoms with Gasteiger partial charge in [0.25, 0.3) is 0 Å². The summed E-state index contributed by atoms with van der Waals surface area (Å²) in [5.74, 6) is 0.561. The van der Waals surface area contributed by atoms with E-state index in [1.165, 1.54) is 0 Å². The van der Waals surface area contributed by atoms with E-state index in [9.17, 15) is 4.79 Å². The largest absolute Gasteiger partial charge is 0.444 e. The lowest BCUT2D eigenvalue weighted by molar-refractivity contribution is 0.0224. The predicted molar refractivity (Wildman–Crippen MR) is 80.0 cm³/mol. The fourth-order valence-corrected chi connectivity index (χ4v) is 2.38. The second-order valence-corrected chi connectivity index (χ2v) is 6.25. The number of aromatic nitrogens is 4. The molecule has 0 spiro atoms. The maximum Gasteiger partial charge on any atom is 0.410 e. The fourth-order valence-electron chi connectivity index (χ4n) is 2.38. The quantitative estimate of drug-likeness (QED) is 0.872. The zero-order valence-electron chi connectivity index (χ0n) is 13.0. The first-order valence-corrected chi connectivity index (χ1v) is 7.25. The highest BCUT2D eigenvalue weighted by atomic mass is 16.6. The zero-order chi connectivity index (χ0) is 15.7. The van der Waals surface area contributed by atoms with E-state index in [4.69, 9.17) is 4.74 Å². The van der Waals surface area contributed by atoms with Crippen molar-refractivity contribution < 1.29 is 9.53 Å². The van der Waals surface area contributed by atoms with E-state index in [1.807, 2.05) is 20.8 Å². The number of hydrogen-bond donors (Lipinski definition) is 1. The van der Waals surface area contributed by atoms with Crippen LogP contribution in [-0.2, 0) is 17.7 Å². The molecule has 1 N–H and O–H groups in total. The fraction of sp³-hybridized carbons (Fsp3) is 0.467. The lowest BCUT2D eigenvalue weighted by Gasteiger charge is -2.30. The first kappa shape index (κ1) is 14.5. The number of amides is 1. The van der Waals surface area contributed by atoms with Gasteiger partial charge in [-0.05, 0) is 26.8 Å². The van der Waals surface area contributed by atoms with Gasteiger partial charge in [0.15, 0.2) is 5.82 Å². The van der Waals surface area contributed by atoms with Crippen LogP contribution < -0.4 is 0 Å². The van der Waals surface area contributed by atoms with Crippen molar-refractivity contribution in [3.63, 3.8) is 0 Å². The molecule has 7 nitrogen and oxygen atoms in total. The third-order valence-corrected chi connectivity index (χ3v) is 3.36. The van der Waals surface area contributed by atoms with Gasteiger partial charge in [0.05, 0.1) is 6.54 Å². The Morgan fingerprint density at radius 2 is 2.05 bits per heavy atom. The highest BCUT2D eigenvalue weighted by molar-refractivity contribution is 5.69. The van der Waals surface area contributed by atoms with E-state index >= 15 is 0 Å². The zero-order valence-corrected chi connectivity index (χ0v) is 13.0. The molecule has 1 amide bonds. The molecule has 0 saturated heterocycles. The van der Waals surface area contributed by atoms with Crippen molar-refractivity contribution in [1.82, 2.24) is 25.1 Å². The summed E-state index contributed by atoms with van der Waals surface area (Å²) in [6.07, 6.45) is 3.77. The van der Waals surface area contributed by atoms with Crippen LogP contribution in [0.15, 0.2) is 18.5 Å². The topological polar surface area (TPSA) is 84.0 Å². The van der Waals surface area contributed by atoms with Gasteiger partial charge < -0.3 is 9.64 Å². The summed E-state index contributed by atoms with van der Waals surface area (Å²) in [5.41, 5.74) is 2.19. The van der Waals surface area contributed by atoms with Crippen molar-refractivity contribution in [2.45, 2.75) is 39.3 Å². The molecule has 7 heteroatoms. The van der Waals surface area contributed by atoms with E-state index in [2.05, 4.69) is 20.2 Å². The maximum atomic E-state index is 12.2. The molecule has 116 valence electrons. The van der Waals surface area contributed by atoms with Crippen LogP contribution in [0.2, 0.25) is 0 Å². The van der Waals surface area contributed by atoms with Crippen LogP contribution in [0.5, 0.6) is 0 Å². The van der Waals surface area contributed by atoms with Crippen molar-refractivity contribution in [2.75, 3.05) is 6.54 Å². The van der Waals surface area contributed by atoms with Gasteiger partial charge in [-0.2, -0.15) is 5.10 Å². The molecule has 1 aliphatic heterocycles. The van der Waals surface area contributed by atoms with Crippen LogP contribution >= 0.6 is 0 Å². The molecule has 3 rings (SSSR count). The summed E-state index contributed by atoms with van der Waals surface area (Å²) in [6.45, 7) is 6.65. The van der Waals surface area contributed by atoms with Gasteiger partial charge in [0, 0.05) is 36.6 Å². The number of carbonyl (C=O) groups excluding carboxylic acids is 1. The molecule has 1 aliphatic rings. The molecular weight excluding hydrogens is 282 g/mol. The molecule has 2 aromatic rings. The third-order valence-electron chi connectivity index (χ3n) is 3.36. The third kappa shape index (κ3) is 2.93. The van der Waals surface area contributed by atoms with Gasteiger partial charge in [0.1, 0.15) is 11.3 Å². The van der Waals surface area contributed by atoms with Crippen molar-refractivity contribution in [1.29, 1.82) is 0 Å². The van der Waals surface area contributed by atoms with Gasteiger partial charge in [-0.3, -0.25) is 5.10 Å². The summed E-state index contributed by atoms with van der Waals surface area (Å²) < 4.78 is 5.44. The number of ether oxygens (including phenoxy) is 1. The van der Waals surface area contributed by atoms with Gasteiger partial charge >= 0.3 is 6.09 Å². The maximum absolute atomic E-state index is 12.2. The lowest BCUT2D eigenvalue weighted by atomic mass is 10.1. The first-order chi connectivity index (χ1) is 10.4. The van der Waals surface area contributed by atoms with Crippen molar-refractivity contribution >= 4 is 6.09 Å². The molecule has 22 heavy (non-hydrogen) atoms. The Kier molecular flexibility index (Phi) is 3.56. The van der Waals surface area contributed by atoms with Gasteiger partial charge in [-0.25, -0.2) is 14.8 Å². The van der Waals surface area contributed by atoms with E-state index in [1.54, 1.807) is 23.4 Å². The first-order valence-electron chi connectivity index (χ1n) is 7.25. The molecule has 0 radical (unpaired) electrons. The van der Waals surface area contributed by atoms with E-state index in [0.717, 1.165) is 11.3 Å². The van der Waals surface area contributed by atoms with Crippen LogP contribution in [0, 0.1) is 0 Å². The highest BCUT2D eigenvalue weighted by Gasteiger charge is 2.29. The monoisotopic (exact) mass is 301 g/mol. The number of aromatic amines is 1. The molecule has 0 unspecified atom stereocenters. The number of fused-ring (bicyclic) bond motifs is 1. The van der Waals surface area contributed by atoms with Crippen molar-refractivity contribution in [3.05, 3.63) is 29.7 Å². The second kappa shape index (κ2) is 5.40. The van der Waals surface area contributed by atoms with Crippen LogP contribution in [0.1, 0.15) is 32.0 Å². The van der Waals surface area contributed by atoms with Gasteiger partial charge in [-0.15, -0.1) is 0 Å². The molecular formula is C15H19N5O2. The Hall–Kier alpha value is -2.44. The SMILES string of the molecule is CC(C)(C)OC(=O)N1CCc2[nH]nc(-c3ncccn3)c2C1. The van der Waals surface area contributed by atoms with Crippen LogP contribution in [-0.4, -0.2) is 43.3 Å². The number of nitrogens with zero attached hydrogens (tertiary/aromatic N) is 4. The van der Waals surface area contributed by atoms with Gasteiger partial charge in [0.2, 0.25) is 0 Å². The summed E-state index contributed by atoms with van der Waals surface area (Å²) in [6, 6.07) is 1.76. The van der Waals surface area contributed by atoms with E-state index < -0.39 is 5.60 Å². The molecule has 2 aromatic heterocycles. The molecule has 0 aliphatic carbocycles. The Bertz CT molecular complexity index is 675. The average molecular weight is 301 g/mol. The number of nitrogens with one attached hydrogen (secondary N) is 1. The lowest BCUT2D eigenvalue weighted by Crippen LogP contribution is -2.39. The summed E-state index contributed by atoms with van der Waals surface area (Å²) in [5, 5.41) is 7.33. The summed E-state index contributed by atoms with van der Waals surface area (Å²) in [7, 11) is 0. The number of carbonyl (C=O) groups is 1. The van der Waals surface area contributed by atoms with Gasteiger partial charge in [-0.1, -0.05) is 0 Å². The van der Waals surface area contributed by atoms with Crippen LogP contribution in [0.3, 0.4) is 0 Å². The Morgan fingerprint density at radius 1 is 1.32 bits per heavy atom.